The zero-order chi connectivity index (χ0) is 11.7. The van der Waals surface area contributed by atoms with E-state index in [1.54, 1.807) is 11.3 Å². The van der Waals surface area contributed by atoms with Gasteiger partial charge in [-0.15, -0.1) is 0 Å². The highest BCUT2D eigenvalue weighted by atomic mass is 32.1. The Morgan fingerprint density at radius 1 is 1.12 bits per heavy atom. The summed E-state index contributed by atoms with van der Waals surface area (Å²) in [6.07, 6.45) is 3.85. The lowest BCUT2D eigenvalue weighted by atomic mass is 9.86. The minimum atomic E-state index is 0.193. The van der Waals surface area contributed by atoms with Crippen LogP contribution in [0.2, 0.25) is 0 Å². The van der Waals surface area contributed by atoms with Gasteiger partial charge in [0.1, 0.15) is 0 Å². The molecule has 1 aromatic carbocycles. The van der Waals surface area contributed by atoms with E-state index in [2.05, 4.69) is 11.4 Å². The molecule has 0 N–H and O–H groups in total. The first-order valence-corrected chi connectivity index (χ1v) is 6.64. The minimum Gasteiger partial charge on any atom is -0.289 e. The Balaban J connectivity index is 2.00. The number of hydrogen-bond acceptors (Lipinski definition) is 2. The van der Waals surface area contributed by atoms with Crippen LogP contribution in [-0.2, 0) is 6.42 Å². The van der Waals surface area contributed by atoms with Crippen LogP contribution in [0.3, 0.4) is 0 Å². The summed E-state index contributed by atoms with van der Waals surface area (Å²) in [6, 6.07) is 9.96. The first-order chi connectivity index (χ1) is 8.34. The summed E-state index contributed by atoms with van der Waals surface area (Å²) in [5.74, 6) is 0.193. The molecule has 0 bridgehead atoms. The molecule has 1 heterocycles. The van der Waals surface area contributed by atoms with Crippen molar-refractivity contribution in [3.8, 4) is 0 Å². The molecule has 0 spiro atoms. The van der Waals surface area contributed by atoms with Crippen LogP contribution < -0.4 is 0 Å². The molecular weight excluding hydrogens is 228 g/mol. The zero-order valence-corrected chi connectivity index (χ0v) is 10.2. The number of Topliss-reactive ketones (excluding diaryl/α,β-unsaturated/α-hetero) is 1. The maximum absolute atomic E-state index is 12.3. The summed E-state index contributed by atoms with van der Waals surface area (Å²) in [5, 5.41) is 4.11. The van der Waals surface area contributed by atoms with Gasteiger partial charge in [-0.3, -0.25) is 4.79 Å². The van der Waals surface area contributed by atoms with Gasteiger partial charge in [-0.05, 0) is 46.9 Å². The maximum atomic E-state index is 12.3. The van der Waals surface area contributed by atoms with Crippen molar-refractivity contribution in [2.24, 2.45) is 0 Å². The van der Waals surface area contributed by atoms with Crippen LogP contribution in [-0.4, -0.2) is 5.78 Å². The number of fused-ring (bicyclic) bond motifs is 1. The standard InChI is InChI=1S/C15H12OS/c16-15-13(9-11-7-8-17-10-11)6-5-12-3-1-2-4-14(12)15/h1-4,7-10H,5-6H2. The maximum Gasteiger partial charge on any atom is 0.189 e. The predicted octanol–water partition coefficient (Wildman–Crippen LogP) is 3.96. The third kappa shape index (κ3) is 1.96. The van der Waals surface area contributed by atoms with Gasteiger partial charge >= 0.3 is 0 Å². The van der Waals surface area contributed by atoms with Gasteiger partial charge in [0.05, 0.1) is 0 Å². The Morgan fingerprint density at radius 2 is 2.00 bits per heavy atom. The van der Waals surface area contributed by atoms with Gasteiger partial charge in [-0.25, -0.2) is 0 Å². The molecule has 0 fully saturated rings. The number of aryl methyl sites for hydroxylation is 1. The van der Waals surface area contributed by atoms with Crippen molar-refractivity contribution >= 4 is 23.2 Å². The number of carbonyl (C=O) groups is 1. The quantitative estimate of drug-likeness (QED) is 0.689. The molecule has 0 aliphatic heterocycles. The smallest absolute Gasteiger partial charge is 0.189 e. The fourth-order valence-corrected chi connectivity index (χ4v) is 2.83. The molecule has 1 nitrogen and oxygen atoms in total. The number of hydrogen-bond donors (Lipinski definition) is 0. The zero-order valence-electron chi connectivity index (χ0n) is 9.35. The van der Waals surface area contributed by atoms with Gasteiger partial charge in [0, 0.05) is 11.1 Å². The third-order valence-corrected chi connectivity index (χ3v) is 3.80. The summed E-state index contributed by atoms with van der Waals surface area (Å²) >= 11 is 1.66. The molecule has 0 radical (unpaired) electrons. The first kappa shape index (κ1) is 10.5. The van der Waals surface area contributed by atoms with Crippen molar-refractivity contribution in [2.75, 3.05) is 0 Å². The SMILES string of the molecule is O=C1C(=Cc2ccsc2)CCc2ccccc21. The van der Waals surface area contributed by atoms with Crippen LogP contribution in [0.4, 0.5) is 0 Å². The van der Waals surface area contributed by atoms with Gasteiger partial charge in [0.25, 0.3) is 0 Å². The molecule has 1 aliphatic rings. The van der Waals surface area contributed by atoms with Gasteiger partial charge in [-0.2, -0.15) is 11.3 Å². The van der Waals surface area contributed by atoms with E-state index in [9.17, 15) is 4.79 Å². The number of ketones is 1. The van der Waals surface area contributed by atoms with Crippen molar-refractivity contribution in [1.82, 2.24) is 0 Å². The van der Waals surface area contributed by atoms with Crippen molar-refractivity contribution < 1.29 is 4.79 Å². The fourth-order valence-electron chi connectivity index (χ4n) is 2.21. The molecule has 17 heavy (non-hydrogen) atoms. The number of allylic oxidation sites excluding steroid dienone is 1. The molecule has 0 saturated heterocycles. The largest absolute Gasteiger partial charge is 0.289 e. The molecule has 0 atom stereocenters. The molecule has 2 aromatic rings. The number of thiophene rings is 1. The topological polar surface area (TPSA) is 17.1 Å². The van der Waals surface area contributed by atoms with Gasteiger partial charge in [0.2, 0.25) is 0 Å². The van der Waals surface area contributed by atoms with Crippen LogP contribution in [0.25, 0.3) is 6.08 Å². The summed E-state index contributed by atoms with van der Waals surface area (Å²) in [5.41, 5.74) is 4.13. The van der Waals surface area contributed by atoms with E-state index >= 15 is 0 Å². The van der Waals surface area contributed by atoms with Crippen molar-refractivity contribution in [1.29, 1.82) is 0 Å². The molecule has 0 saturated carbocycles. The molecule has 1 aliphatic carbocycles. The average Bonchev–Trinajstić information content (AvgIpc) is 2.86. The van der Waals surface area contributed by atoms with Gasteiger partial charge in [-0.1, -0.05) is 24.3 Å². The van der Waals surface area contributed by atoms with E-state index in [1.165, 1.54) is 5.56 Å². The Morgan fingerprint density at radius 3 is 2.82 bits per heavy atom. The molecule has 1 aromatic heterocycles. The van der Waals surface area contributed by atoms with Crippen LogP contribution in [0.5, 0.6) is 0 Å². The van der Waals surface area contributed by atoms with E-state index in [0.717, 1.165) is 29.5 Å². The summed E-state index contributed by atoms with van der Waals surface area (Å²) in [4.78, 5) is 12.3. The van der Waals surface area contributed by atoms with Crippen LogP contribution in [0.1, 0.15) is 27.9 Å². The summed E-state index contributed by atoms with van der Waals surface area (Å²) in [7, 11) is 0. The average molecular weight is 240 g/mol. The highest BCUT2D eigenvalue weighted by Crippen LogP contribution is 2.26. The first-order valence-electron chi connectivity index (χ1n) is 5.70. The van der Waals surface area contributed by atoms with Crippen LogP contribution in [0.15, 0.2) is 46.7 Å². The third-order valence-electron chi connectivity index (χ3n) is 3.10. The van der Waals surface area contributed by atoms with Crippen molar-refractivity contribution in [3.63, 3.8) is 0 Å². The number of rotatable bonds is 1. The highest BCUT2D eigenvalue weighted by Gasteiger charge is 2.20. The van der Waals surface area contributed by atoms with E-state index in [0.29, 0.717) is 0 Å². The van der Waals surface area contributed by atoms with Crippen LogP contribution in [0, 0.1) is 0 Å². The minimum absolute atomic E-state index is 0.193. The molecule has 3 rings (SSSR count). The fraction of sp³-hybridized carbons (Fsp3) is 0.133. The lowest BCUT2D eigenvalue weighted by Gasteiger charge is -2.16. The van der Waals surface area contributed by atoms with Gasteiger partial charge < -0.3 is 0 Å². The lowest BCUT2D eigenvalue weighted by molar-refractivity contribution is 0.102. The Hall–Kier alpha value is -1.67. The Kier molecular flexibility index (Phi) is 2.65. The number of carbonyl (C=O) groups excluding carboxylic acids is 1. The summed E-state index contributed by atoms with van der Waals surface area (Å²) < 4.78 is 0. The van der Waals surface area contributed by atoms with E-state index in [-0.39, 0.29) is 5.78 Å². The van der Waals surface area contributed by atoms with Crippen molar-refractivity contribution in [2.45, 2.75) is 12.8 Å². The van der Waals surface area contributed by atoms with E-state index in [1.807, 2.05) is 35.7 Å². The monoisotopic (exact) mass is 240 g/mol. The van der Waals surface area contributed by atoms with Crippen molar-refractivity contribution in [3.05, 3.63) is 63.4 Å². The second kappa shape index (κ2) is 4.30. The summed E-state index contributed by atoms with van der Waals surface area (Å²) in [6.45, 7) is 0. The molecule has 0 amide bonds. The number of benzene rings is 1. The Bertz CT molecular complexity index is 579. The van der Waals surface area contributed by atoms with E-state index < -0.39 is 0 Å². The van der Waals surface area contributed by atoms with Crippen LogP contribution >= 0.6 is 11.3 Å². The molecular formula is C15H12OS. The molecule has 84 valence electrons. The normalized spacial score (nSPS) is 17.2. The van der Waals surface area contributed by atoms with E-state index in [4.69, 9.17) is 0 Å². The molecule has 2 heteroatoms. The highest BCUT2D eigenvalue weighted by molar-refractivity contribution is 7.08. The predicted molar refractivity (Wildman–Crippen MR) is 71.4 cm³/mol. The second-order valence-corrected chi connectivity index (χ2v) is 4.99. The van der Waals surface area contributed by atoms with Gasteiger partial charge in [0.15, 0.2) is 5.78 Å². The lowest BCUT2D eigenvalue weighted by Crippen LogP contribution is -2.13. The molecule has 0 unspecified atom stereocenters. The second-order valence-electron chi connectivity index (χ2n) is 4.21. The Labute approximate surface area is 104 Å².